The first kappa shape index (κ1) is 17.2. The van der Waals surface area contributed by atoms with Crippen molar-refractivity contribution in [2.24, 2.45) is 5.92 Å². The normalized spacial score (nSPS) is 12.8. The van der Waals surface area contributed by atoms with Gasteiger partial charge in [0.1, 0.15) is 0 Å². The molecule has 0 saturated heterocycles. The van der Waals surface area contributed by atoms with E-state index in [1.807, 2.05) is 0 Å². The predicted molar refractivity (Wildman–Crippen MR) is 87.0 cm³/mol. The molecule has 0 aliphatic heterocycles. The van der Waals surface area contributed by atoms with Gasteiger partial charge in [0.15, 0.2) is 0 Å². The number of hydrogen-bond donors (Lipinski definition) is 1. The van der Waals surface area contributed by atoms with Crippen LogP contribution >= 0.6 is 0 Å². The summed E-state index contributed by atoms with van der Waals surface area (Å²) in [6.07, 6.45) is 4.60. The van der Waals surface area contributed by atoms with Gasteiger partial charge in [-0.2, -0.15) is 0 Å². The Morgan fingerprint density at radius 3 is 2.45 bits per heavy atom. The van der Waals surface area contributed by atoms with Crippen molar-refractivity contribution in [1.82, 2.24) is 5.32 Å². The summed E-state index contributed by atoms with van der Waals surface area (Å²) in [4.78, 5) is 0. The third-order valence-electron chi connectivity index (χ3n) is 3.46. The molecule has 1 aromatic carbocycles. The zero-order valence-electron chi connectivity index (χ0n) is 13.4. The fourth-order valence-corrected chi connectivity index (χ4v) is 2.20. The summed E-state index contributed by atoms with van der Waals surface area (Å²) in [5.41, 5.74) is 1.39. The molecule has 0 heterocycles. The molecule has 1 atom stereocenters. The molecule has 0 amide bonds. The van der Waals surface area contributed by atoms with E-state index < -0.39 is 0 Å². The van der Waals surface area contributed by atoms with E-state index >= 15 is 0 Å². The van der Waals surface area contributed by atoms with Crippen molar-refractivity contribution in [2.75, 3.05) is 19.8 Å². The van der Waals surface area contributed by atoms with E-state index in [9.17, 15) is 0 Å². The first-order chi connectivity index (χ1) is 9.74. The third kappa shape index (κ3) is 7.66. The van der Waals surface area contributed by atoms with E-state index in [2.05, 4.69) is 56.4 Å². The summed E-state index contributed by atoms with van der Waals surface area (Å²) in [6.45, 7) is 9.55. The second kappa shape index (κ2) is 10.9. The van der Waals surface area contributed by atoms with Gasteiger partial charge in [-0.1, -0.05) is 51.1 Å². The molecular weight excluding hydrogens is 246 g/mol. The zero-order valence-corrected chi connectivity index (χ0v) is 13.4. The van der Waals surface area contributed by atoms with Crippen LogP contribution in [0.2, 0.25) is 0 Å². The Morgan fingerprint density at radius 1 is 1.05 bits per heavy atom. The lowest BCUT2D eigenvalue weighted by atomic mass is 10.0. The molecule has 0 aliphatic carbocycles. The van der Waals surface area contributed by atoms with Crippen LogP contribution in [-0.4, -0.2) is 19.8 Å². The SMILES string of the molecule is CCCNC(CCCOCCC(C)C)c1ccccc1. The van der Waals surface area contributed by atoms with E-state index in [0.29, 0.717) is 6.04 Å². The Bertz CT molecular complexity index is 323. The molecule has 2 nitrogen and oxygen atoms in total. The number of benzene rings is 1. The van der Waals surface area contributed by atoms with Gasteiger partial charge in [0.2, 0.25) is 0 Å². The first-order valence-corrected chi connectivity index (χ1v) is 8.10. The lowest BCUT2D eigenvalue weighted by molar-refractivity contribution is 0.118. The Kier molecular flexibility index (Phi) is 9.35. The molecule has 1 aromatic rings. The van der Waals surface area contributed by atoms with Crippen molar-refractivity contribution in [2.45, 2.75) is 52.5 Å². The van der Waals surface area contributed by atoms with Crippen LogP contribution in [0.4, 0.5) is 0 Å². The fourth-order valence-electron chi connectivity index (χ4n) is 2.20. The van der Waals surface area contributed by atoms with Gasteiger partial charge in [0, 0.05) is 19.3 Å². The molecule has 0 spiro atoms. The number of nitrogens with one attached hydrogen (secondary N) is 1. The molecule has 20 heavy (non-hydrogen) atoms. The molecule has 0 bridgehead atoms. The maximum atomic E-state index is 5.71. The Morgan fingerprint density at radius 2 is 1.80 bits per heavy atom. The van der Waals surface area contributed by atoms with Crippen LogP contribution in [0.5, 0.6) is 0 Å². The van der Waals surface area contributed by atoms with Crippen LogP contribution in [0.25, 0.3) is 0 Å². The van der Waals surface area contributed by atoms with Crippen LogP contribution < -0.4 is 5.32 Å². The molecule has 2 heteroatoms. The van der Waals surface area contributed by atoms with Crippen molar-refractivity contribution in [3.8, 4) is 0 Å². The number of ether oxygens (including phenoxy) is 1. The summed E-state index contributed by atoms with van der Waals surface area (Å²) in [6, 6.07) is 11.2. The van der Waals surface area contributed by atoms with Crippen LogP contribution in [0.3, 0.4) is 0 Å². The predicted octanol–water partition coefficient (Wildman–Crippen LogP) is 4.57. The minimum absolute atomic E-state index is 0.463. The van der Waals surface area contributed by atoms with Gasteiger partial charge < -0.3 is 10.1 Å². The summed E-state index contributed by atoms with van der Waals surface area (Å²) in [5.74, 6) is 0.735. The van der Waals surface area contributed by atoms with Gasteiger partial charge >= 0.3 is 0 Å². The summed E-state index contributed by atoms with van der Waals surface area (Å²) in [7, 11) is 0. The van der Waals surface area contributed by atoms with E-state index in [1.165, 1.54) is 12.0 Å². The summed E-state index contributed by atoms with van der Waals surface area (Å²) < 4.78 is 5.71. The highest BCUT2D eigenvalue weighted by Gasteiger charge is 2.09. The summed E-state index contributed by atoms with van der Waals surface area (Å²) in [5, 5.41) is 3.64. The van der Waals surface area contributed by atoms with Gasteiger partial charge in [-0.15, -0.1) is 0 Å². The topological polar surface area (TPSA) is 21.3 Å². The van der Waals surface area contributed by atoms with Gasteiger partial charge in [0.25, 0.3) is 0 Å². The van der Waals surface area contributed by atoms with Gasteiger partial charge in [-0.05, 0) is 43.7 Å². The lowest BCUT2D eigenvalue weighted by Gasteiger charge is -2.19. The maximum Gasteiger partial charge on any atom is 0.0468 e. The van der Waals surface area contributed by atoms with Crippen molar-refractivity contribution in [3.63, 3.8) is 0 Å². The molecular formula is C18H31NO. The Hall–Kier alpha value is -0.860. The molecule has 0 saturated carbocycles. The maximum absolute atomic E-state index is 5.71. The average Bonchev–Trinajstić information content (AvgIpc) is 2.46. The van der Waals surface area contributed by atoms with E-state index in [1.54, 1.807) is 0 Å². The van der Waals surface area contributed by atoms with Crippen LogP contribution in [-0.2, 0) is 4.74 Å². The standard InChI is InChI=1S/C18H31NO/c1-4-13-19-18(17-9-6-5-7-10-17)11-8-14-20-15-12-16(2)3/h5-7,9-10,16,18-19H,4,8,11-15H2,1-3H3. The summed E-state index contributed by atoms with van der Waals surface area (Å²) >= 11 is 0. The molecule has 0 aliphatic rings. The largest absolute Gasteiger partial charge is 0.381 e. The van der Waals surface area contributed by atoms with Gasteiger partial charge in [-0.25, -0.2) is 0 Å². The van der Waals surface area contributed by atoms with Gasteiger partial charge in [-0.3, -0.25) is 0 Å². The number of hydrogen-bond acceptors (Lipinski definition) is 2. The molecule has 1 unspecified atom stereocenters. The fraction of sp³-hybridized carbons (Fsp3) is 0.667. The lowest BCUT2D eigenvalue weighted by Crippen LogP contribution is -2.22. The first-order valence-electron chi connectivity index (χ1n) is 8.10. The zero-order chi connectivity index (χ0) is 14.6. The second-order valence-corrected chi connectivity index (χ2v) is 5.85. The van der Waals surface area contributed by atoms with E-state index in [4.69, 9.17) is 4.74 Å². The molecule has 1 N–H and O–H groups in total. The Balaban J connectivity index is 2.27. The molecule has 114 valence electrons. The van der Waals surface area contributed by atoms with Crippen molar-refractivity contribution in [1.29, 1.82) is 0 Å². The Labute approximate surface area is 124 Å². The van der Waals surface area contributed by atoms with Crippen molar-refractivity contribution >= 4 is 0 Å². The quantitative estimate of drug-likeness (QED) is 0.598. The highest BCUT2D eigenvalue weighted by Crippen LogP contribution is 2.18. The smallest absolute Gasteiger partial charge is 0.0468 e. The minimum Gasteiger partial charge on any atom is -0.381 e. The average molecular weight is 277 g/mol. The van der Waals surface area contributed by atoms with Crippen LogP contribution in [0.1, 0.15) is 58.1 Å². The minimum atomic E-state index is 0.463. The van der Waals surface area contributed by atoms with E-state index in [0.717, 1.165) is 44.9 Å². The van der Waals surface area contributed by atoms with Crippen LogP contribution in [0, 0.1) is 5.92 Å². The molecule has 0 aromatic heterocycles. The molecule has 0 radical (unpaired) electrons. The second-order valence-electron chi connectivity index (χ2n) is 5.85. The van der Waals surface area contributed by atoms with Crippen molar-refractivity contribution < 1.29 is 4.74 Å². The highest BCUT2D eigenvalue weighted by atomic mass is 16.5. The van der Waals surface area contributed by atoms with E-state index in [-0.39, 0.29) is 0 Å². The third-order valence-corrected chi connectivity index (χ3v) is 3.46. The van der Waals surface area contributed by atoms with Crippen LogP contribution in [0.15, 0.2) is 30.3 Å². The molecule has 0 fully saturated rings. The highest BCUT2D eigenvalue weighted by molar-refractivity contribution is 5.18. The van der Waals surface area contributed by atoms with Crippen molar-refractivity contribution in [3.05, 3.63) is 35.9 Å². The monoisotopic (exact) mass is 277 g/mol. The molecule has 1 rings (SSSR count). The van der Waals surface area contributed by atoms with Gasteiger partial charge in [0.05, 0.1) is 0 Å². The number of rotatable bonds is 11.